The van der Waals surface area contributed by atoms with Crippen LogP contribution in [0.4, 0.5) is 11.4 Å². The van der Waals surface area contributed by atoms with Crippen molar-refractivity contribution in [3.05, 3.63) is 59.7 Å². The summed E-state index contributed by atoms with van der Waals surface area (Å²) in [4.78, 5) is 20.2. The molecular formula is C28H39N3O2. The topological polar surface area (TPSA) is 36.0 Å². The third kappa shape index (κ3) is 5.10. The van der Waals surface area contributed by atoms with Crippen LogP contribution >= 0.6 is 0 Å². The first kappa shape index (κ1) is 23.8. The molecule has 2 fully saturated rings. The van der Waals surface area contributed by atoms with Crippen molar-refractivity contribution >= 4 is 17.3 Å². The molecule has 3 unspecified atom stereocenters. The second-order valence-corrected chi connectivity index (χ2v) is 10.7. The monoisotopic (exact) mass is 449 g/mol. The molecule has 3 atom stereocenters. The van der Waals surface area contributed by atoms with Gasteiger partial charge in [-0.25, -0.2) is 0 Å². The van der Waals surface area contributed by atoms with Gasteiger partial charge in [-0.05, 0) is 55.6 Å². The molecule has 2 aliphatic rings. The van der Waals surface area contributed by atoms with Gasteiger partial charge in [-0.1, -0.05) is 51.1 Å². The van der Waals surface area contributed by atoms with Crippen molar-refractivity contribution in [3.63, 3.8) is 0 Å². The van der Waals surface area contributed by atoms with Gasteiger partial charge < -0.3 is 14.5 Å². The van der Waals surface area contributed by atoms with Crippen LogP contribution in [0.1, 0.15) is 45.7 Å². The molecular weight excluding hydrogens is 410 g/mol. The number of benzene rings is 2. The number of morpholine rings is 1. The van der Waals surface area contributed by atoms with Crippen molar-refractivity contribution in [1.29, 1.82) is 0 Å². The number of nitrogens with zero attached hydrogens (tertiary/aromatic N) is 3. The van der Waals surface area contributed by atoms with Crippen molar-refractivity contribution < 1.29 is 9.53 Å². The molecule has 5 heteroatoms. The molecule has 1 amide bonds. The van der Waals surface area contributed by atoms with Crippen LogP contribution in [-0.2, 0) is 21.4 Å². The fraction of sp³-hybridized carbons (Fsp3) is 0.536. The maximum atomic E-state index is 13.4. The molecule has 5 nitrogen and oxygen atoms in total. The Kier molecular flexibility index (Phi) is 6.83. The highest BCUT2D eigenvalue weighted by Crippen LogP contribution is 2.29. The van der Waals surface area contributed by atoms with Gasteiger partial charge in [-0.3, -0.25) is 9.69 Å². The average Bonchev–Trinajstić information content (AvgIpc) is 2.78. The summed E-state index contributed by atoms with van der Waals surface area (Å²) in [5.74, 6) is 0.0553. The van der Waals surface area contributed by atoms with Crippen LogP contribution in [0.2, 0.25) is 0 Å². The average molecular weight is 450 g/mol. The molecule has 4 rings (SSSR count). The smallest absolute Gasteiger partial charge is 0.256 e. The standard InChI is InChI=1S/C28H39N3O2/c1-20-18-30(19-21(2)29(20)6)25-10-8-7-9-22(25)17-26-27(32)31(15-16-33-26)24-13-11-23(12-14-24)28(3,4)5/h7-14,20-21,26H,15-19H2,1-6H3. The van der Waals surface area contributed by atoms with E-state index in [0.29, 0.717) is 31.7 Å². The van der Waals surface area contributed by atoms with Crippen LogP contribution in [0.25, 0.3) is 0 Å². The van der Waals surface area contributed by atoms with Crippen LogP contribution in [0, 0.1) is 0 Å². The number of amides is 1. The molecule has 0 radical (unpaired) electrons. The van der Waals surface area contributed by atoms with Gasteiger partial charge in [0.25, 0.3) is 5.91 Å². The Morgan fingerprint density at radius 1 is 0.970 bits per heavy atom. The fourth-order valence-corrected chi connectivity index (χ4v) is 4.98. The van der Waals surface area contributed by atoms with Gasteiger partial charge in [0.2, 0.25) is 0 Å². The third-order valence-electron chi connectivity index (χ3n) is 7.32. The Balaban J connectivity index is 1.51. The number of ether oxygens (including phenoxy) is 1. The molecule has 0 aromatic heterocycles. The minimum absolute atomic E-state index is 0.0553. The number of rotatable bonds is 4. The van der Waals surface area contributed by atoms with Crippen LogP contribution in [0.15, 0.2) is 48.5 Å². The summed E-state index contributed by atoms with van der Waals surface area (Å²) >= 11 is 0. The number of carbonyl (C=O) groups excluding carboxylic acids is 1. The Hall–Kier alpha value is -2.37. The number of hydrogen-bond donors (Lipinski definition) is 0. The Morgan fingerprint density at radius 3 is 2.24 bits per heavy atom. The quantitative estimate of drug-likeness (QED) is 0.689. The molecule has 178 valence electrons. The van der Waals surface area contributed by atoms with E-state index in [0.717, 1.165) is 18.8 Å². The van der Waals surface area contributed by atoms with Gasteiger partial charge in [0.05, 0.1) is 6.61 Å². The summed E-state index contributed by atoms with van der Waals surface area (Å²) < 4.78 is 6.01. The van der Waals surface area contributed by atoms with Crippen molar-refractivity contribution in [2.45, 2.75) is 64.6 Å². The van der Waals surface area contributed by atoms with Crippen molar-refractivity contribution in [1.82, 2.24) is 4.90 Å². The largest absolute Gasteiger partial charge is 0.368 e. The number of piperazine rings is 1. The Morgan fingerprint density at radius 2 is 1.61 bits per heavy atom. The molecule has 0 spiro atoms. The summed E-state index contributed by atoms with van der Waals surface area (Å²) in [6, 6.07) is 17.9. The first-order valence-electron chi connectivity index (χ1n) is 12.2. The molecule has 2 aromatic rings. The summed E-state index contributed by atoms with van der Waals surface area (Å²) in [6.45, 7) is 14.3. The lowest BCUT2D eigenvalue weighted by Gasteiger charge is -2.44. The fourth-order valence-electron chi connectivity index (χ4n) is 4.98. The third-order valence-corrected chi connectivity index (χ3v) is 7.32. The zero-order valence-corrected chi connectivity index (χ0v) is 21.0. The molecule has 0 N–H and O–H groups in total. The predicted molar refractivity (Wildman–Crippen MR) is 136 cm³/mol. The molecule has 2 aromatic carbocycles. The van der Waals surface area contributed by atoms with Crippen LogP contribution in [0.5, 0.6) is 0 Å². The number of hydrogen-bond acceptors (Lipinski definition) is 4. The van der Waals surface area contributed by atoms with E-state index < -0.39 is 6.10 Å². The highest BCUT2D eigenvalue weighted by atomic mass is 16.5. The maximum Gasteiger partial charge on any atom is 0.256 e. The summed E-state index contributed by atoms with van der Waals surface area (Å²) in [5, 5.41) is 0. The highest BCUT2D eigenvalue weighted by Gasteiger charge is 2.33. The molecule has 2 heterocycles. The second kappa shape index (κ2) is 9.47. The maximum absolute atomic E-state index is 13.4. The number of carbonyl (C=O) groups is 1. The molecule has 0 bridgehead atoms. The van der Waals surface area contributed by atoms with Crippen LogP contribution in [0.3, 0.4) is 0 Å². The Bertz CT molecular complexity index is 954. The molecule has 33 heavy (non-hydrogen) atoms. The van der Waals surface area contributed by atoms with Crippen molar-refractivity contribution in [2.75, 3.05) is 43.1 Å². The van der Waals surface area contributed by atoms with Crippen molar-refractivity contribution in [3.8, 4) is 0 Å². The van der Waals surface area contributed by atoms with E-state index in [1.54, 1.807) is 0 Å². The highest BCUT2D eigenvalue weighted by molar-refractivity contribution is 5.97. The summed E-state index contributed by atoms with van der Waals surface area (Å²) in [5.41, 5.74) is 4.74. The van der Waals surface area contributed by atoms with E-state index in [-0.39, 0.29) is 11.3 Å². The molecule has 2 aliphatic heterocycles. The minimum atomic E-state index is -0.454. The lowest BCUT2D eigenvalue weighted by Crippen LogP contribution is -2.55. The van der Waals surface area contributed by atoms with Gasteiger partial charge in [0, 0.05) is 49.5 Å². The summed E-state index contributed by atoms with van der Waals surface area (Å²) in [6.07, 6.45) is 0.144. The van der Waals surface area contributed by atoms with E-state index in [1.165, 1.54) is 16.8 Å². The first-order valence-corrected chi connectivity index (χ1v) is 12.2. The van der Waals surface area contributed by atoms with E-state index >= 15 is 0 Å². The minimum Gasteiger partial charge on any atom is -0.368 e. The van der Waals surface area contributed by atoms with E-state index in [4.69, 9.17) is 4.74 Å². The Labute approximate surface area is 199 Å². The second-order valence-electron chi connectivity index (χ2n) is 10.7. The number of anilines is 2. The summed E-state index contributed by atoms with van der Waals surface area (Å²) in [7, 11) is 2.20. The van der Waals surface area contributed by atoms with Crippen molar-refractivity contribution in [2.24, 2.45) is 0 Å². The van der Waals surface area contributed by atoms with Crippen LogP contribution < -0.4 is 9.80 Å². The van der Waals surface area contributed by atoms with Gasteiger partial charge >= 0.3 is 0 Å². The lowest BCUT2D eigenvalue weighted by atomic mass is 9.87. The first-order chi connectivity index (χ1) is 15.6. The predicted octanol–water partition coefficient (Wildman–Crippen LogP) is 4.49. The number of likely N-dealkylation sites (N-methyl/N-ethyl adjacent to an activating group) is 1. The van der Waals surface area contributed by atoms with Gasteiger partial charge in [0.1, 0.15) is 6.10 Å². The molecule has 0 aliphatic carbocycles. The van der Waals surface area contributed by atoms with Gasteiger partial charge in [-0.15, -0.1) is 0 Å². The van der Waals surface area contributed by atoms with E-state index in [2.05, 4.69) is 100.0 Å². The normalized spacial score (nSPS) is 24.9. The zero-order valence-electron chi connectivity index (χ0n) is 21.0. The van der Waals surface area contributed by atoms with Gasteiger partial charge in [0.15, 0.2) is 0 Å². The number of para-hydroxylation sites is 1. The lowest BCUT2D eigenvalue weighted by molar-refractivity contribution is -0.133. The van der Waals surface area contributed by atoms with Gasteiger partial charge in [-0.2, -0.15) is 0 Å². The van der Waals surface area contributed by atoms with Crippen LogP contribution in [-0.4, -0.2) is 62.3 Å². The molecule has 2 saturated heterocycles. The molecule has 0 saturated carbocycles. The SMILES string of the molecule is CC1CN(c2ccccc2CC2OCCN(c3ccc(C(C)(C)C)cc3)C2=O)CC(C)N1C. The zero-order chi connectivity index (χ0) is 23.8. The van der Waals surface area contributed by atoms with E-state index in [9.17, 15) is 4.79 Å². The van der Waals surface area contributed by atoms with E-state index in [1.807, 2.05) is 4.90 Å².